The lowest BCUT2D eigenvalue weighted by atomic mass is 10.2. The van der Waals surface area contributed by atoms with Crippen molar-refractivity contribution >= 4 is 5.97 Å². The normalized spacial score (nSPS) is 10.4. The highest BCUT2D eigenvalue weighted by Gasteiger charge is 2.19. The topological polar surface area (TPSA) is 77.2 Å². The second kappa shape index (κ2) is 4.44. The molecule has 1 aromatic carbocycles. The smallest absolute Gasteiger partial charge is 0.362 e. The first-order valence-electron chi connectivity index (χ1n) is 5.06. The van der Waals surface area contributed by atoms with Crippen molar-refractivity contribution in [1.82, 2.24) is 15.0 Å². The van der Waals surface area contributed by atoms with Crippen molar-refractivity contribution < 1.29 is 19.0 Å². The SMILES string of the molecule is Cc1ccc(Oc2c(C(=O)O)nnn2C)cc1F. The number of aromatic nitrogens is 3. The first kappa shape index (κ1) is 12.0. The van der Waals surface area contributed by atoms with Crippen LogP contribution in [0.2, 0.25) is 0 Å². The lowest BCUT2D eigenvalue weighted by Crippen LogP contribution is -2.02. The highest BCUT2D eigenvalue weighted by Crippen LogP contribution is 2.24. The van der Waals surface area contributed by atoms with E-state index in [4.69, 9.17) is 9.84 Å². The Balaban J connectivity index is 2.36. The molecular formula is C11H10FN3O3. The number of carboxylic acids is 1. The molecule has 0 bridgehead atoms. The first-order valence-corrected chi connectivity index (χ1v) is 5.06. The average molecular weight is 251 g/mol. The number of benzene rings is 1. The van der Waals surface area contributed by atoms with Crippen molar-refractivity contribution in [3.8, 4) is 11.6 Å². The highest BCUT2D eigenvalue weighted by molar-refractivity contribution is 5.87. The second-order valence-electron chi connectivity index (χ2n) is 3.69. The zero-order valence-corrected chi connectivity index (χ0v) is 9.72. The summed E-state index contributed by atoms with van der Waals surface area (Å²) >= 11 is 0. The quantitative estimate of drug-likeness (QED) is 0.899. The van der Waals surface area contributed by atoms with E-state index in [0.717, 1.165) is 0 Å². The summed E-state index contributed by atoms with van der Waals surface area (Å²) in [5.41, 5.74) is 0.155. The van der Waals surface area contributed by atoms with Gasteiger partial charge < -0.3 is 9.84 Å². The minimum absolute atomic E-state index is 0.0502. The van der Waals surface area contributed by atoms with Crippen LogP contribution in [-0.2, 0) is 7.05 Å². The number of aryl methyl sites for hydroxylation is 2. The van der Waals surface area contributed by atoms with Crippen LogP contribution in [0.1, 0.15) is 16.1 Å². The van der Waals surface area contributed by atoms with Gasteiger partial charge in [0.2, 0.25) is 5.69 Å². The lowest BCUT2D eigenvalue weighted by Gasteiger charge is -2.06. The van der Waals surface area contributed by atoms with Gasteiger partial charge in [-0.1, -0.05) is 11.3 Å². The summed E-state index contributed by atoms with van der Waals surface area (Å²) in [5, 5.41) is 15.9. The van der Waals surface area contributed by atoms with Crippen LogP contribution in [0.25, 0.3) is 0 Å². The van der Waals surface area contributed by atoms with Crippen LogP contribution in [-0.4, -0.2) is 26.1 Å². The number of ether oxygens (including phenoxy) is 1. The number of hydrogen-bond acceptors (Lipinski definition) is 4. The van der Waals surface area contributed by atoms with Gasteiger partial charge in [0.25, 0.3) is 5.88 Å². The van der Waals surface area contributed by atoms with Crippen LogP contribution >= 0.6 is 0 Å². The molecule has 0 aliphatic carbocycles. The number of carboxylic acid groups (broad SMARTS) is 1. The van der Waals surface area contributed by atoms with Crippen molar-refractivity contribution in [2.24, 2.45) is 7.05 Å². The van der Waals surface area contributed by atoms with Crippen molar-refractivity contribution in [2.45, 2.75) is 6.92 Å². The molecule has 2 aromatic rings. The second-order valence-corrected chi connectivity index (χ2v) is 3.69. The highest BCUT2D eigenvalue weighted by atomic mass is 19.1. The molecule has 2 rings (SSSR count). The summed E-state index contributed by atoms with van der Waals surface area (Å²) in [6.07, 6.45) is 0. The third-order valence-corrected chi connectivity index (χ3v) is 2.34. The van der Waals surface area contributed by atoms with Gasteiger partial charge in [0.05, 0.1) is 0 Å². The van der Waals surface area contributed by atoms with E-state index in [1.54, 1.807) is 6.92 Å². The predicted octanol–water partition coefficient (Wildman–Crippen LogP) is 1.75. The fourth-order valence-corrected chi connectivity index (χ4v) is 1.35. The van der Waals surface area contributed by atoms with Gasteiger partial charge in [-0.05, 0) is 18.6 Å². The van der Waals surface area contributed by atoms with Crippen molar-refractivity contribution in [2.75, 3.05) is 0 Å². The van der Waals surface area contributed by atoms with Gasteiger partial charge in [-0.3, -0.25) is 0 Å². The fraction of sp³-hybridized carbons (Fsp3) is 0.182. The molecule has 18 heavy (non-hydrogen) atoms. The van der Waals surface area contributed by atoms with Crippen LogP contribution in [0, 0.1) is 12.7 Å². The zero-order valence-electron chi connectivity index (χ0n) is 9.72. The number of rotatable bonds is 3. The molecule has 0 aliphatic rings. The summed E-state index contributed by atoms with van der Waals surface area (Å²) in [4.78, 5) is 10.9. The van der Waals surface area contributed by atoms with E-state index < -0.39 is 11.8 Å². The molecule has 0 fully saturated rings. The molecule has 0 amide bonds. The summed E-state index contributed by atoms with van der Waals surface area (Å²) in [6.45, 7) is 1.62. The van der Waals surface area contributed by atoms with E-state index in [-0.39, 0.29) is 17.3 Å². The summed E-state index contributed by atoms with van der Waals surface area (Å²) in [5.74, 6) is -1.55. The predicted molar refractivity (Wildman–Crippen MR) is 59.2 cm³/mol. The van der Waals surface area contributed by atoms with Crippen LogP contribution in [0.5, 0.6) is 11.6 Å². The van der Waals surface area contributed by atoms with E-state index in [9.17, 15) is 9.18 Å². The van der Waals surface area contributed by atoms with Crippen LogP contribution in [0.3, 0.4) is 0 Å². The monoisotopic (exact) mass is 251 g/mol. The number of carbonyl (C=O) groups is 1. The van der Waals surface area contributed by atoms with Crippen molar-refractivity contribution in [1.29, 1.82) is 0 Å². The largest absolute Gasteiger partial charge is 0.476 e. The zero-order chi connectivity index (χ0) is 13.3. The molecule has 0 unspecified atom stereocenters. The van der Waals surface area contributed by atoms with E-state index in [1.807, 2.05) is 0 Å². The Morgan fingerprint density at radius 1 is 1.50 bits per heavy atom. The Kier molecular flexibility index (Phi) is 2.97. The molecule has 1 heterocycles. The molecule has 1 aromatic heterocycles. The maximum atomic E-state index is 13.3. The van der Waals surface area contributed by atoms with Crippen LogP contribution in [0.4, 0.5) is 4.39 Å². The van der Waals surface area contributed by atoms with Gasteiger partial charge in [0.1, 0.15) is 11.6 Å². The van der Waals surface area contributed by atoms with Gasteiger partial charge >= 0.3 is 5.97 Å². The first-order chi connectivity index (χ1) is 8.49. The molecule has 0 aliphatic heterocycles. The Hall–Kier alpha value is -2.44. The third-order valence-electron chi connectivity index (χ3n) is 2.34. The third kappa shape index (κ3) is 2.15. The van der Waals surface area contributed by atoms with Gasteiger partial charge in [-0.2, -0.15) is 0 Å². The molecule has 7 heteroatoms. The Bertz CT molecular complexity index is 610. The van der Waals surface area contributed by atoms with Crippen molar-refractivity contribution in [3.63, 3.8) is 0 Å². The molecule has 6 nitrogen and oxygen atoms in total. The lowest BCUT2D eigenvalue weighted by molar-refractivity contribution is 0.0687. The van der Waals surface area contributed by atoms with E-state index in [0.29, 0.717) is 5.56 Å². The molecule has 0 radical (unpaired) electrons. The van der Waals surface area contributed by atoms with E-state index in [1.165, 1.54) is 29.9 Å². The summed E-state index contributed by atoms with van der Waals surface area (Å²) in [7, 11) is 1.49. The standard InChI is InChI=1S/C11H10FN3O3/c1-6-3-4-7(5-8(6)12)18-10-9(11(16)17)13-14-15(10)2/h3-5H,1-2H3,(H,16,17). The molecule has 0 atom stereocenters. The summed E-state index contributed by atoms with van der Waals surface area (Å²) < 4.78 is 19.8. The number of nitrogens with zero attached hydrogens (tertiary/aromatic N) is 3. The summed E-state index contributed by atoms with van der Waals surface area (Å²) in [6, 6.07) is 4.25. The van der Waals surface area contributed by atoms with E-state index in [2.05, 4.69) is 10.3 Å². The van der Waals surface area contributed by atoms with Gasteiger partial charge in [0, 0.05) is 13.1 Å². The average Bonchev–Trinajstić information content (AvgIpc) is 2.66. The Morgan fingerprint density at radius 2 is 2.22 bits per heavy atom. The fourth-order valence-electron chi connectivity index (χ4n) is 1.35. The Labute approximate surface area is 102 Å². The number of aromatic carboxylic acids is 1. The number of halogens is 1. The number of hydrogen-bond donors (Lipinski definition) is 1. The van der Waals surface area contributed by atoms with Crippen LogP contribution < -0.4 is 4.74 Å². The van der Waals surface area contributed by atoms with E-state index >= 15 is 0 Å². The molecular weight excluding hydrogens is 241 g/mol. The van der Waals surface area contributed by atoms with Gasteiger partial charge in [0.15, 0.2) is 0 Å². The minimum atomic E-state index is -1.26. The molecule has 94 valence electrons. The maximum Gasteiger partial charge on any atom is 0.362 e. The van der Waals surface area contributed by atoms with Gasteiger partial charge in [-0.25, -0.2) is 13.9 Å². The minimum Gasteiger partial charge on any atom is -0.476 e. The molecule has 0 spiro atoms. The maximum absolute atomic E-state index is 13.3. The molecule has 0 saturated carbocycles. The van der Waals surface area contributed by atoms with Crippen molar-refractivity contribution in [3.05, 3.63) is 35.3 Å². The molecule has 0 saturated heterocycles. The Morgan fingerprint density at radius 3 is 2.83 bits per heavy atom. The van der Waals surface area contributed by atoms with Gasteiger partial charge in [-0.15, -0.1) is 5.10 Å². The van der Waals surface area contributed by atoms with Crippen LogP contribution in [0.15, 0.2) is 18.2 Å². The molecule has 1 N–H and O–H groups in total.